The van der Waals surface area contributed by atoms with Crippen molar-refractivity contribution < 1.29 is 13.9 Å². The van der Waals surface area contributed by atoms with Crippen LogP contribution in [0.5, 0.6) is 0 Å². The third-order valence-corrected chi connectivity index (χ3v) is 2.93. The molecule has 0 aromatic heterocycles. The van der Waals surface area contributed by atoms with Gasteiger partial charge in [-0.1, -0.05) is 6.07 Å². The minimum absolute atomic E-state index is 0.235. The van der Waals surface area contributed by atoms with Crippen molar-refractivity contribution in [3.63, 3.8) is 0 Å². The first-order chi connectivity index (χ1) is 8.31. The predicted octanol–water partition coefficient (Wildman–Crippen LogP) is 1.79. The highest BCUT2D eigenvalue weighted by Crippen LogP contribution is 2.24. The molecule has 1 heterocycles. The van der Waals surface area contributed by atoms with Gasteiger partial charge in [-0.3, -0.25) is 0 Å². The fourth-order valence-electron chi connectivity index (χ4n) is 2.06. The van der Waals surface area contributed by atoms with Crippen molar-refractivity contribution in [2.45, 2.75) is 12.8 Å². The summed E-state index contributed by atoms with van der Waals surface area (Å²) in [4.78, 5) is 12.5. The van der Waals surface area contributed by atoms with Crippen molar-refractivity contribution in [1.29, 1.82) is 0 Å². The van der Waals surface area contributed by atoms with Crippen LogP contribution in [0, 0.1) is 5.82 Å². The Labute approximate surface area is 100 Å². The van der Waals surface area contributed by atoms with Crippen LogP contribution in [0.3, 0.4) is 0 Å². The highest BCUT2D eigenvalue weighted by Gasteiger charge is 2.15. The van der Waals surface area contributed by atoms with Gasteiger partial charge in [0.25, 0.3) is 0 Å². The van der Waals surface area contributed by atoms with E-state index >= 15 is 0 Å². The minimum atomic E-state index is -0.235. The molecule has 92 valence electrons. The maximum atomic E-state index is 13.3. The summed E-state index contributed by atoms with van der Waals surface area (Å²) in [6.07, 6.45) is 2.03. The normalized spacial score (nSPS) is 15.9. The van der Waals surface area contributed by atoms with Crippen molar-refractivity contribution in [2.24, 2.45) is 0 Å². The maximum Gasteiger partial charge on any atom is 0.125 e. The van der Waals surface area contributed by atoms with E-state index in [-0.39, 0.29) is 5.82 Å². The number of benzene rings is 1. The van der Waals surface area contributed by atoms with Gasteiger partial charge < -0.3 is 14.4 Å². The molecule has 17 heavy (non-hydrogen) atoms. The van der Waals surface area contributed by atoms with Gasteiger partial charge in [-0.2, -0.15) is 0 Å². The molecule has 0 N–H and O–H groups in total. The number of rotatable bonds is 4. The lowest BCUT2D eigenvalue weighted by atomic mass is 10.1. The molecule has 1 aromatic rings. The fraction of sp³-hybridized carbons (Fsp3) is 0.462. The molecular weight excluding hydrogens is 221 g/mol. The summed E-state index contributed by atoms with van der Waals surface area (Å²) in [5.74, 6) is -0.235. The molecule has 0 radical (unpaired) electrons. The van der Waals surface area contributed by atoms with Gasteiger partial charge in [0.1, 0.15) is 12.1 Å². The average Bonchev–Trinajstić information content (AvgIpc) is 2.38. The molecule has 1 aromatic carbocycles. The summed E-state index contributed by atoms with van der Waals surface area (Å²) in [6.45, 7) is 2.89. The van der Waals surface area contributed by atoms with Crippen molar-refractivity contribution in [1.82, 2.24) is 0 Å². The molecule has 0 unspecified atom stereocenters. The van der Waals surface area contributed by atoms with Crippen LogP contribution >= 0.6 is 0 Å². The Morgan fingerprint density at radius 3 is 2.82 bits per heavy atom. The Balaban J connectivity index is 2.21. The molecular formula is C13H16FNO2. The van der Waals surface area contributed by atoms with E-state index in [1.165, 1.54) is 6.07 Å². The summed E-state index contributed by atoms with van der Waals surface area (Å²) in [6, 6.07) is 4.76. The van der Waals surface area contributed by atoms with E-state index in [0.717, 1.165) is 30.6 Å². The van der Waals surface area contributed by atoms with Crippen molar-refractivity contribution in [3.05, 3.63) is 29.6 Å². The number of aryl methyl sites for hydroxylation is 1. The summed E-state index contributed by atoms with van der Waals surface area (Å²) >= 11 is 0. The van der Waals surface area contributed by atoms with Crippen molar-refractivity contribution in [3.8, 4) is 0 Å². The Bertz CT molecular complexity index is 389. The standard InChI is InChI=1S/C13H16FNO2/c14-12-4-3-11(2-1-7-16)13(10-12)15-5-8-17-9-6-15/h3-4,7,10H,1-2,5-6,8-9H2. The summed E-state index contributed by atoms with van der Waals surface area (Å²) in [5.41, 5.74) is 1.93. The van der Waals surface area contributed by atoms with E-state index in [1.54, 1.807) is 12.1 Å². The number of carbonyl (C=O) groups excluding carboxylic acids is 1. The SMILES string of the molecule is O=CCCc1ccc(F)cc1N1CCOCC1. The van der Waals surface area contributed by atoms with E-state index in [1.807, 2.05) is 0 Å². The Kier molecular flexibility index (Phi) is 4.09. The van der Waals surface area contributed by atoms with Crippen LogP contribution in [0.2, 0.25) is 0 Å². The topological polar surface area (TPSA) is 29.5 Å². The number of carbonyl (C=O) groups is 1. The number of ether oxygens (including phenoxy) is 1. The van der Waals surface area contributed by atoms with E-state index in [2.05, 4.69) is 4.90 Å². The number of halogens is 1. The maximum absolute atomic E-state index is 13.3. The molecule has 0 aliphatic carbocycles. The molecule has 1 aliphatic heterocycles. The largest absolute Gasteiger partial charge is 0.378 e. The van der Waals surface area contributed by atoms with Gasteiger partial charge in [-0.25, -0.2) is 4.39 Å². The van der Waals surface area contributed by atoms with E-state index in [0.29, 0.717) is 26.1 Å². The summed E-state index contributed by atoms with van der Waals surface area (Å²) in [7, 11) is 0. The zero-order valence-electron chi connectivity index (χ0n) is 9.69. The lowest BCUT2D eigenvalue weighted by molar-refractivity contribution is -0.107. The molecule has 1 fully saturated rings. The first-order valence-electron chi connectivity index (χ1n) is 5.86. The minimum Gasteiger partial charge on any atom is -0.378 e. The zero-order valence-corrected chi connectivity index (χ0v) is 9.69. The van der Waals surface area contributed by atoms with Crippen LogP contribution in [-0.2, 0) is 16.0 Å². The van der Waals surface area contributed by atoms with Crippen LogP contribution in [0.15, 0.2) is 18.2 Å². The van der Waals surface area contributed by atoms with Gasteiger partial charge in [0.05, 0.1) is 13.2 Å². The van der Waals surface area contributed by atoms with Gasteiger partial charge in [-0.05, 0) is 24.1 Å². The molecule has 4 heteroatoms. The number of aldehydes is 1. The number of morpholine rings is 1. The number of hydrogen-bond donors (Lipinski definition) is 0. The summed E-state index contributed by atoms with van der Waals surface area (Å²) < 4.78 is 18.6. The third-order valence-electron chi connectivity index (χ3n) is 2.93. The van der Waals surface area contributed by atoms with Gasteiger partial charge in [0, 0.05) is 25.2 Å². The second kappa shape index (κ2) is 5.77. The molecule has 0 saturated carbocycles. The monoisotopic (exact) mass is 237 g/mol. The Morgan fingerprint density at radius 1 is 1.35 bits per heavy atom. The predicted molar refractivity (Wildman–Crippen MR) is 63.8 cm³/mol. The fourth-order valence-corrected chi connectivity index (χ4v) is 2.06. The molecule has 2 rings (SSSR count). The molecule has 0 bridgehead atoms. The van der Waals surface area contributed by atoms with Gasteiger partial charge in [0.2, 0.25) is 0 Å². The van der Waals surface area contributed by atoms with E-state index in [9.17, 15) is 9.18 Å². The third kappa shape index (κ3) is 3.03. The molecule has 1 saturated heterocycles. The van der Waals surface area contributed by atoms with Crippen molar-refractivity contribution >= 4 is 12.0 Å². The van der Waals surface area contributed by atoms with Gasteiger partial charge in [0.15, 0.2) is 0 Å². The lowest BCUT2D eigenvalue weighted by Crippen LogP contribution is -2.36. The van der Waals surface area contributed by atoms with E-state index in [4.69, 9.17) is 4.74 Å². The van der Waals surface area contributed by atoms with Crippen LogP contribution in [0.1, 0.15) is 12.0 Å². The Morgan fingerprint density at radius 2 is 2.12 bits per heavy atom. The van der Waals surface area contributed by atoms with Gasteiger partial charge >= 0.3 is 0 Å². The second-order valence-corrected chi connectivity index (χ2v) is 4.08. The van der Waals surface area contributed by atoms with E-state index < -0.39 is 0 Å². The molecule has 3 nitrogen and oxygen atoms in total. The zero-order chi connectivity index (χ0) is 12.1. The molecule has 0 atom stereocenters. The van der Waals surface area contributed by atoms with Crippen LogP contribution in [-0.4, -0.2) is 32.6 Å². The average molecular weight is 237 g/mol. The van der Waals surface area contributed by atoms with Gasteiger partial charge in [-0.15, -0.1) is 0 Å². The van der Waals surface area contributed by atoms with Crippen molar-refractivity contribution in [2.75, 3.05) is 31.2 Å². The first kappa shape index (κ1) is 12.0. The number of nitrogens with zero attached hydrogens (tertiary/aromatic N) is 1. The van der Waals surface area contributed by atoms with Crippen LogP contribution in [0.4, 0.5) is 10.1 Å². The number of anilines is 1. The lowest BCUT2D eigenvalue weighted by Gasteiger charge is -2.30. The smallest absolute Gasteiger partial charge is 0.125 e. The second-order valence-electron chi connectivity index (χ2n) is 4.08. The summed E-state index contributed by atoms with van der Waals surface area (Å²) in [5, 5.41) is 0. The Hall–Kier alpha value is -1.42. The number of hydrogen-bond acceptors (Lipinski definition) is 3. The highest BCUT2D eigenvalue weighted by molar-refractivity contribution is 5.57. The van der Waals surface area contributed by atoms with Crippen LogP contribution < -0.4 is 4.90 Å². The highest BCUT2D eigenvalue weighted by atomic mass is 19.1. The molecule has 1 aliphatic rings. The first-order valence-corrected chi connectivity index (χ1v) is 5.86. The van der Waals surface area contributed by atoms with Crippen LogP contribution in [0.25, 0.3) is 0 Å². The molecule has 0 amide bonds. The molecule has 0 spiro atoms. The quantitative estimate of drug-likeness (QED) is 0.748.